The number of carbonyl (C=O) groups is 2. The first-order valence-corrected chi connectivity index (χ1v) is 6.25. The summed E-state index contributed by atoms with van der Waals surface area (Å²) in [5.74, 6) is -0.718. The lowest BCUT2D eigenvalue weighted by Gasteiger charge is -2.31. The van der Waals surface area contributed by atoms with Crippen molar-refractivity contribution in [2.75, 3.05) is 40.3 Å². The highest BCUT2D eigenvalue weighted by Crippen LogP contribution is 2.13. The van der Waals surface area contributed by atoms with E-state index in [1.165, 1.54) is 0 Å². The summed E-state index contributed by atoms with van der Waals surface area (Å²) in [5.41, 5.74) is 0. The first kappa shape index (κ1) is 14.9. The molecular weight excluding hydrogens is 236 g/mol. The second-order valence-electron chi connectivity index (χ2n) is 4.78. The van der Waals surface area contributed by atoms with Crippen molar-refractivity contribution in [3.63, 3.8) is 0 Å². The van der Waals surface area contributed by atoms with Crippen molar-refractivity contribution in [3.05, 3.63) is 0 Å². The number of carboxylic acids is 1. The fourth-order valence-electron chi connectivity index (χ4n) is 1.88. The lowest BCUT2D eigenvalue weighted by Crippen LogP contribution is -2.42. The molecule has 1 heterocycles. The van der Waals surface area contributed by atoms with E-state index in [0.29, 0.717) is 6.54 Å². The average Bonchev–Trinajstić information content (AvgIpc) is 2.30. The molecule has 6 nitrogen and oxygen atoms in total. The van der Waals surface area contributed by atoms with Gasteiger partial charge in [0.2, 0.25) is 5.91 Å². The third-order valence-corrected chi connectivity index (χ3v) is 3.06. The van der Waals surface area contributed by atoms with Gasteiger partial charge in [-0.05, 0) is 12.8 Å². The minimum absolute atomic E-state index is 0.0549. The number of nitrogens with zero attached hydrogens (tertiary/aromatic N) is 2. The topological polar surface area (TPSA) is 70.1 Å². The number of amides is 1. The quantitative estimate of drug-likeness (QED) is 0.728. The highest BCUT2D eigenvalue weighted by molar-refractivity contribution is 5.77. The lowest BCUT2D eigenvalue weighted by atomic mass is 10.1. The molecule has 6 heteroatoms. The maximum absolute atomic E-state index is 11.5. The number of carbonyl (C=O) groups excluding carboxylic acids is 1. The van der Waals surface area contributed by atoms with Crippen LogP contribution in [-0.4, -0.2) is 73.2 Å². The van der Waals surface area contributed by atoms with E-state index in [9.17, 15) is 9.59 Å². The molecular formula is C12H22N2O4. The molecule has 0 unspecified atom stereocenters. The zero-order chi connectivity index (χ0) is 13.5. The molecule has 1 aliphatic rings. The van der Waals surface area contributed by atoms with Crippen LogP contribution in [0.5, 0.6) is 0 Å². The Kier molecular flexibility index (Phi) is 6.07. The Morgan fingerprint density at radius 1 is 1.33 bits per heavy atom. The van der Waals surface area contributed by atoms with Gasteiger partial charge in [-0.2, -0.15) is 0 Å². The Labute approximate surface area is 107 Å². The number of likely N-dealkylation sites (tertiary alicyclic amines) is 1. The molecule has 0 aromatic carbocycles. The maximum atomic E-state index is 11.5. The van der Waals surface area contributed by atoms with Crippen LogP contribution in [0.2, 0.25) is 0 Å². The molecule has 1 saturated heterocycles. The van der Waals surface area contributed by atoms with E-state index in [4.69, 9.17) is 9.84 Å². The largest absolute Gasteiger partial charge is 0.481 e. The molecule has 18 heavy (non-hydrogen) atoms. The van der Waals surface area contributed by atoms with E-state index in [2.05, 4.69) is 4.90 Å². The van der Waals surface area contributed by atoms with Crippen molar-refractivity contribution in [2.24, 2.45) is 0 Å². The summed E-state index contributed by atoms with van der Waals surface area (Å²) in [7, 11) is 3.51. The molecule has 0 saturated carbocycles. The fraction of sp³-hybridized carbons (Fsp3) is 0.833. The van der Waals surface area contributed by atoms with Gasteiger partial charge in [0.1, 0.15) is 0 Å². The van der Waals surface area contributed by atoms with Crippen LogP contribution in [0.1, 0.15) is 19.3 Å². The Morgan fingerprint density at radius 2 is 1.94 bits per heavy atom. The second-order valence-corrected chi connectivity index (χ2v) is 4.78. The molecule has 1 N–H and O–H groups in total. The minimum atomic E-state index is -0.830. The number of hydrogen-bond donors (Lipinski definition) is 1. The molecule has 1 aliphatic heterocycles. The van der Waals surface area contributed by atoms with Crippen molar-refractivity contribution in [1.29, 1.82) is 0 Å². The predicted molar refractivity (Wildman–Crippen MR) is 66.4 cm³/mol. The van der Waals surface area contributed by atoms with Crippen LogP contribution in [0.4, 0.5) is 0 Å². The molecule has 0 aliphatic carbocycles. The maximum Gasteiger partial charge on any atom is 0.305 e. The summed E-state index contributed by atoms with van der Waals surface area (Å²) >= 11 is 0. The van der Waals surface area contributed by atoms with E-state index in [0.717, 1.165) is 25.9 Å². The zero-order valence-electron chi connectivity index (χ0n) is 11.1. The number of carboxylic acid groups (broad SMARTS) is 1. The van der Waals surface area contributed by atoms with Crippen molar-refractivity contribution in [2.45, 2.75) is 25.4 Å². The normalized spacial score (nSPS) is 17.7. The van der Waals surface area contributed by atoms with E-state index in [1.807, 2.05) is 0 Å². The third kappa shape index (κ3) is 5.46. The standard InChI is InChI=1S/C12H22N2O4/c1-13(2)11(15)9-14-6-3-10(4-7-14)18-8-5-12(16)17/h10H,3-9H2,1-2H3,(H,16,17). The molecule has 1 rings (SSSR count). The summed E-state index contributed by atoms with van der Waals surface area (Å²) < 4.78 is 5.49. The van der Waals surface area contributed by atoms with Crippen LogP contribution in [0.25, 0.3) is 0 Å². The molecule has 0 atom stereocenters. The number of rotatable bonds is 6. The van der Waals surface area contributed by atoms with Crippen LogP contribution in [-0.2, 0) is 14.3 Å². The SMILES string of the molecule is CN(C)C(=O)CN1CCC(OCCC(=O)O)CC1. The van der Waals surface area contributed by atoms with Crippen molar-refractivity contribution in [3.8, 4) is 0 Å². The van der Waals surface area contributed by atoms with Crippen LogP contribution in [0.3, 0.4) is 0 Å². The number of hydrogen-bond acceptors (Lipinski definition) is 4. The molecule has 1 amide bonds. The van der Waals surface area contributed by atoms with Crippen LogP contribution < -0.4 is 0 Å². The summed E-state index contributed by atoms with van der Waals surface area (Å²) in [6.07, 6.45) is 1.91. The number of piperidine rings is 1. The molecule has 0 bridgehead atoms. The molecule has 0 aromatic rings. The van der Waals surface area contributed by atoms with Gasteiger partial charge in [-0.25, -0.2) is 0 Å². The monoisotopic (exact) mass is 258 g/mol. The Balaban J connectivity index is 2.16. The van der Waals surface area contributed by atoms with E-state index in [-0.39, 0.29) is 25.0 Å². The Bertz CT molecular complexity index is 286. The third-order valence-electron chi connectivity index (χ3n) is 3.06. The molecule has 1 fully saturated rings. The second kappa shape index (κ2) is 7.33. The summed E-state index contributed by atoms with van der Waals surface area (Å²) in [6.45, 7) is 2.39. The van der Waals surface area contributed by atoms with Crippen molar-refractivity contribution >= 4 is 11.9 Å². The molecule has 0 radical (unpaired) electrons. The molecule has 104 valence electrons. The first-order valence-electron chi connectivity index (χ1n) is 6.25. The number of ether oxygens (including phenoxy) is 1. The first-order chi connectivity index (χ1) is 8.49. The molecule has 0 spiro atoms. The average molecular weight is 258 g/mol. The van der Waals surface area contributed by atoms with E-state index >= 15 is 0 Å². The summed E-state index contributed by atoms with van der Waals surface area (Å²) in [5, 5.41) is 8.51. The summed E-state index contributed by atoms with van der Waals surface area (Å²) in [6, 6.07) is 0. The van der Waals surface area contributed by atoms with Crippen molar-refractivity contribution < 1.29 is 19.4 Å². The highest BCUT2D eigenvalue weighted by Gasteiger charge is 2.21. The lowest BCUT2D eigenvalue weighted by molar-refractivity contribution is -0.139. The van der Waals surface area contributed by atoms with E-state index in [1.54, 1.807) is 19.0 Å². The minimum Gasteiger partial charge on any atom is -0.481 e. The van der Waals surface area contributed by atoms with Gasteiger partial charge in [0.15, 0.2) is 0 Å². The van der Waals surface area contributed by atoms with Crippen LogP contribution >= 0.6 is 0 Å². The number of likely N-dealkylation sites (N-methyl/N-ethyl adjacent to an activating group) is 1. The molecule has 0 aromatic heterocycles. The number of aliphatic carboxylic acids is 1. The van der Waals surface area contributed by atoms with Gasteiger partial charge in [-0.1, -0.05) is 0 Å². The van der Waals surface area contributed by atoms with Gasteiger partial charge in [-0.3, -0.25) is 14.5 Å². The zero-order valence-corrected chi connectivity index (χ0v) is 11.1. The summed E-state index contributed by atoms with van der Waals surface area (Å²) in [4.78, 5) is 25.6. The predicted octanol–water partition coefficient (Wildman–Crippen LogP) is 0.0303. The van der Waals surface area contributed by atoms with Gasteiger partial charge in [-0.15, -0.1) is 0 Å². The van der Waals surface area contributed by atoms with Gasteiger partial charge in [0, 0.05) is 27.2 Å². The highest BCUT2D eigenvalue weighted by atomic mass is 16.5. The van der Waals surface area contributed by atoms with Gasteiger partial charge >= 0.3 is 5.97 Å². The van der Waals surface area contributed by atoms with E-state index < -0.39 is 5.97 Å². The fourth-order valence-corrected chi connectivity index (χ4v) is 1.88. The van der Waals surface area contributed by atoms with Crippen molar-refractivity contribution in [1.82, 2.24) is 9.80 Å². The van der Waals surface area contributed by atoms with Crippen LogP contribution in [0.15, 0.2) is 0 Å². The van der Waals surface area contributed by atoms with Crippen LogP contribution in [0, 0.1) is 0 Å². The Hall–Kier alpha value is -1.14. The van der Waals surface area contributed by atoms with Gasteiger partial charge < -0.3 is 14.7 Å². The smallest absolute Gasteiger partial charge is 0.305 e. The van der Waals surface area contributed by atoms with Gasteiger partial charge in [0.25, 0.3) is 0 Å². The van der Waals surface area contributed by atoms with Gasteiger partial charge in [0.05, 0.1) is 25.7 Å². The Morgan fingerprint density at radius 3 is 2.44 bits per heavy atom.